The molecule has 0 aliphatic rings. The highest BCUT2D eigenvalue weighted by Gasteiger charge is 2.33. The number of fused-ring (bicyclic) bond motifs is 1. The van der Waals surface area contributed by atoms with Gasteiger partial charge in [-0.15, -0.1) is 0 Å². The number of aromatic carboxylic acids is 1. The number of halogens is 3. The summed E-state index contributed by atoms with van der Waals surface area (Å²) in [5.41, 5.74) is -0.682. The minimum atomic E-state index is -4.50. The summed E-state index contributed by atoms with van der Waals surface area (Å²) < 4.78 is 43.6. The molecule has 0 saturated carbocycles. The van der Waals surface area contributed by atoms with E-state index in [9.17, 15) is 18.0 Å². The molecule has 2 aromatic heterocycles. The van der Waals surface area contributed by atoms with E-state index in [0.717, 1.165) is 12.3 Å². The van der Waals surface area contributed by atoms with E-state index in [-0.39, 0.29) is 27.9 Å². The third kappa shape index (κ3) is 2.14. The topological polar surface area (TPSA) is 79.1 Å². The minimum absolute atomic E-state index is 0.0623. The van der Waals surface area contributed by atoms with Gasteiger partial charge in [-0.05, 0) is 18.2 Å². The molecule has 0 radical (unpaired) electrons. The van der Waals surface area contributed by atoms with E-state index in [1.807, 2.05) is 0 Å². The summed E-state index contributed by atoms with van der Waals surface area (Å²) in [5, 5.41) is 12.3. The van der Waals surface area contributed by atoms with E-state index >= 15 is 0 Å². The van der Waals surface area contributed by atoms with Crippen LogP contribution in [0.15, 0.2) is 35.0 Å². The molecule has 3 aromatic rings. The van der Waals surface area contributed by atoms with Crippen LogP contribution in [0.4, 0.5) is 13.2 Å². The number of hydrogen-bond acceptors (Lipinski definition) is 3. The van der Waals surface area contributed by atoms with Gasteiger partial charge >= 0.3 is 12.1 Å². The molecule has 5 nitrogen and oxygen atoms in total. The first-order valence-corrected chi connectivity index (χ1v) is 5.75. The molecule has 2 N–H and O–H groups in total. The fourth-order valence-electron chi connectivity index (χ4n) is 2.11. The Hall–Kier alpha value is -2.77. The van der Waals surface area contributed by atoms with Crippen LogP contribution in [0, 0.1) is 0 Å². The van der Waals surface area contributed by atoms with E-state index < -0.39 is 17.7 Å². The van der Waals surface area contributed by atoms with Crippen molar-refractivity contribution in [1.29, 1.82) is 0 Å². The molecule has 0 spiro atoms. The number of hydrogen-bond donors (Lipinski definition) is 2. The lowest BCUT2D eigenvalue weighted by atomic mass is 10.1. The zero-order valence-corrected chi connectivity index (χ0v) is 10.2. The second-order valence-corrected chi connectivity index (χ2v) is 4.32. The molecule has 0 bridgehead atoms. The first-order chi connectivity index (χ1) is 9.88. The quantitative estimate of drug-likeness (QED) is 0.758. The van der Waals surface area contributed by atoms with Crippen LogP contribution in [0.5, 0.6) is 0 Å². The first-order valence-electron chi connectivity index (χ1n) is 5.75. The highest BCUT2D eigenvalue weighted by molar-refractivity contribution is 5.96. The molecular formula is C13H7F3N2O3. The van der Waals surface area contributed by atoms with Gasteiger partial charge in [0.05, 0.1) is 17.5 Å². The number of aromatic nitrogens is 2. The van der Waals surface area contributed by atoms with Gasteiger partial charge in [0.2, 0.25) is 0 Å². The monoisotopic (exact) mass is 296 g/mol. The highest BCUT2D eigenvalue weighted by atomic mass is 19.4. The standard InChI is InChI=1S/C13H7F3N2O3/c14-13(15,16)8-2-1-3-9-6(8)4-10(18-9)11-7(12(19)20)5-17-21-11/h1-5,18H,(H,19,20). The maximum atomic E-state index is 12.9. The van der Waals surface area contributed by atoms with Crippen LogP contribution < -0.4 is 0 Å². The van der Waals surface area contributed by atoms with Crippen LogP contribution in [0.1, 0.15) is 15.9 Å². The number of carbonyl (C=O) groups is 1. The van der Waals surface area contributed by atoms with Gasteiger partial charge in [-0.3, -0.25) is 0 Å². The van der Waals surface area contributed by atoms with E-state index in [4.69, 9.17) is 9.63 Å². The van der Waals surface area contributed by atoms with Gasteiger partial charge in [-0.2, -0.15) is 13.2 Å². The number of benzene rings is 1. The largest absolute Gasteiger partial charge is 0.477 e. The lowest BCUT2D eigenvalue weighted by Gasteiger charge is -2.06. The van der Waals surface area contributed by atoms with E-state index in [0.29, 0.717) is 0 Å². The zero-order chi connectivity index (χ0) is 15.2. The molecule has 8 heteroatoms. The Balaban J connectivity index is 2.23. The van der Waals surface area contributed by atoms with Crippen molar-refractivity contribution in [2.75, 3.05) is 0 Å². The van der Waals surface area contributed by atoms with Crippen molar-refractivity contribution in [2.45, 2.75) is 6.18 Å². The lowest BCUT2D eigenvalue weighted by molar-refractivity contribution is -0.136. The normalized spacial score (nSPS) is 12.0. The number of H-pyrrole nitrogens is 1. The molecule has 21 heavy (non-hydrogen) atoms. The van der Waals surface area contributed by atoms with Gasteiger partial charge in [-0.25, -0.2) is 4.79 Å². The van der Waals surface area contributed by atoms with Crippen molar-refractivity contribution in [3.63, 3.8) is 0 Å². The SMILES string of the molecule is O=C(O)c1cnoc1-c1cc2c(C(F)(F)F)cccc2[nH]1. The summed E-state index contributed by atoms with van der Waals surface area (Å²) in [4.78, 5) is 13.7. The van der Waals surface area contributed by atoms with Crippen molar-refractivity contribution >= 4 is 16.9 Å². The average molecular weight is 296 g/mol. The molecule has 108 valence electrons. The molecule has 0 saturated heterocycles. The summed E-state index contributed by atoms with van der Waals surface area (Å²) in [6, 6.07) is 4.89. The van der Waals surface area contributed by atoms with Crippen molar-refractivity contribution in [2.24, 2.45) is 0 Å². The Labute approximate surface area is 115 Å². The van der Waals surface area contributed by atoms with Crippen LogP contribution in [-0.2, 0) is 6.18 Å². The number of aromatic amines is 1. The molecule has 3 rings (SSSR count). The van der Waals surface area contributed by atoms with Crippen LogP contribution in [0.25, 0.3) is 22.4 Å². The van der Waals surface area contributed by atoms with Gasteiger partial charge in [0.1, 0.15) is 5.56 Å². The predicted molar refractivity (Wildman–Crippen MR) is 65.8 cm³/mol. The third-order valence-corrected chi connectivity index (χ3v) is 3.01. The second kappa shape index (κ2) is 4.37. The summed E-state index contributed by atoms with van der Waals surface area (Å²) in [6.07, 6.45) is -3.51. The first kappa shape index (κ1) is 13.2. The summed E-state index contributed by atoms with van der Waals surface area (Å²) >= 11 is 0. The highest BCUT2D eigenvalue weighted by Crippen LogP contribution is 2.37. The third-order valence-electron chi connectivity index (χ3n) is 3.01. The number of nitrogens with zero attached hydrogens (tertiary/aromatic N) is 1. The average Bonchev–Trinajstić information content (AvgIpc) is 3.02. The maximum Gasteiger partial charge on any atom is 0.417 e. The van der Waals surface area contributed by atoms with Crippen LogP contribution in [0.3, 0.4) is 0 Å². The van der Waals surface area contributed by atoms with Gasteiger partial charge in [0.25, 0.3) is 0 Å². The summed E-state index contributed by atoms with van der Waals surface area (Å²) in [7, 11) is 0. The summed E-state index contributed by atoms with van der Waals surface area (Å²) in [5.74, 6) is -1.40. The molecule has 0 atom stereocenters. The van der Waals surface area contributed by atoms with Gasteiger partial charge in [0.15, 0.2) is 5.76 Å². The maximum absolute atomic E-state index is 12.9. The van der Waals surface area contributed by atoms with E-state index in [1.54, 1.807) is 0 Å². The second-order valence-electron chi connectivity index (χ2n) is 4.32. The molecule has 2 heterocycles. The Bertz CT molecular complexity index is 833. The van der Waals surface area contributed by atoms with Crippen molar-refractivity contribution < 1.29 is 27.6 Å². The van der Waals surface area contributed by atoms with Crippen molar-refractivity contribution in [1.82, 2.24) is 10.1 Å². The molecule has 0 aliphatic heterocycles. The van der Waals surface area contributed by atoms with Gasteiger partial charge in [0, 0.05) is 10.9 Å². The fraction of sp³-hybridized carbons (Fsp3) is 0.0769. The van der Waals surface area contributed by atoms with Crippen molar-refractivity contribution in [3.8, 4) is 11.5 Å². The molecule has 1 aromatic carbocycles. The fourth-order valence-corrected chi connectivity index (χ4v) is 2.11. The lowest BCUT2D eigenvalue weighted by Crippen LogP contribution is -2.04. The molecular weight excluding hydrogens is 289 g/mol. The Morgan fingerprint density at radius 1 is 1.33 bits per heavy atom. The number of carboxylic acid groups (broad SMARTS) is 1. The number of nitrogens with one attached hydrogen (secondary N) is 1. The molecule has 0 unspecified atom stereocenters. The molecule has 0 aliphatic carbocycles. The van der Waals surface area contributed by atoms with Gasteiger partial charge in [-0.1, -0.05) is 11.2 Å². The summed E-state index contributed by atoms with van der Waals surface area (Å²) in [6.45, 7) is 0. The van der Waals surface area contributed by atoms with Crippen LogP contribution in [0.2, 0.25) is 0 Å². The van der Waals surface area contributed by atoms with E-state index in [1.165, 1.54) is 18.2 Å². The number of carboxylic acids is 1. The smallest absolute Gasteiger partial charge is 0.417 e. The number of rotatable bonds is 2. The van der Waals surface area contributed by atoms with Gasteiger partial charge < -0.3 is 14.6 Å². The molecule has 0 fully saturated rings. The predicted octanol–water partition coefficient (Wildman–Crippen LogP) is 3.54. The molecule has 0 amide bonds. The van der Waals surface area contributed by atoms with E-state index in [2.05, 4.69) is 10.1 Å². The van der Waals surface area contributed by atoms with Crippen LogP contribution >= 0.6 is 0 Å². The Morgan fingerprint density at radius 2 is 2.10 bits per heavy atom. The zero-order valence-electron chi connectivity index (χ0n) is 10.2. The minimum Gasteiger partial charge on any atom is -0.477 e. The van der Waals surface area contributed by atoms with Crippen molar-refractivity contribution in [3.05, 3.63) is 41.6 Å². The van der Waals surface area contributed by atoms with Crippen LogP contribution in [-0.4, -0.2) is 21.2 Å². The Kier molecular flexibility index (Phi) is 2.75. The Morgan fingerprint density at radius 3 is 2.76 bits per heavy atom. The number of alkyl halides is 3.